The molecule has 3 rings (SSSR count). The maximum Gasteiger partial charge on any atom is 0.323 e. The van der Waals surface area contributed by atoms with Gasteiger partial charge in [-0.25, -0.2) is 0 Å². The van der Waals surface area contributed by atoms with Crippen molar-refractivity contribution in [2.45, 2.75) is 64.9 Å². The zero-order valence-electron chi connectivity index (χ0n) is 32.6. The summed E-state index contributed by atoms with van der Waals surface area (Å²) >= 11 is 0. The Morgan fingerprint density at radius 3 is 2.73 bits per heavy atom. The van der Waals surface area contributed by atoms with E-state index in [2.05, 4.69) is 0 Å². The average Bonchev–Trinajstić information content (AvgIpc) is 2.89. The Hall–Kier alpha value is -1.79. The number of carbonyl (C=O) groups is 1. The number of nitrogens with two attached hydrogens (primary N) is 1. The maximum atomic E-state index is 13.2. The van der Waals surface area contributed by atoms with Gasteiger partial charge < -0.3 is 19.9 Å². The lowest BCUT2D eigenvalue weighted by molar-refractivity contribution is -0.160. The summed E-state index contributed by atoms with van der Waals surface area (Å²) in [6.07, 6.45) is -13.4. The lowest BCUT2D eigenvalue weighted by Crippen LogP contribution is -2.51. The Kier molecular flexibility index (Phi) is 3.26. The Bertz CT molecular complexity index is 1330. The van der Waals surface area contributed by atoms with E-state index in [1.165, 1.54) is 28.1 Å². The zero-order valence-corrected chi connectivity index (χ0v) is 17.6. The van der Waals surface area contributed by atoms with Crippen LogP contribution < -0.4 is 15.2 Å². The van der Waals surface area contributed by atoms with Gasteiger partial charge in [0.25, 0.3) is 0 Å². The summed E-state index contributed by atoms with van der Waals surface area (Å²) in [4.78, 5) is 13.2. The summed E-state index contributed by atoms with van der Waals surface area (Å²) in [6, 6.07) is -1.61. The fourth-order valence-corrected chi connectivity index (χ4v) is 3.08. The van der Waals surface area contributed by atoms with Crippen LogP contribution >= 0.6 is 0 Å². The standard InChI is InChI=1S/C24H38N2O4/c1-14(2)9-17-13-26-8-7-16-10-21(28-5)22(29-6)11-18(16)19(26)12-20(17)30-24(27)23(25)15(3)4/h10-11,14-15,17,19-20,23H,7-9,12-13,25H2,1-6H3/t17?,19?,20?,23-/m0/s1/i1D3,7D2,8D2,9D2,12D2,13D2,14D,17D/t14?,17?,19?,20?,23-. The Labute approximate surface area is 202 Å². The van der Waals surface area contributed by atoms with E-state index in [0.717, 1.165) is 12.1 Å². The average molecular weight is 434 g/mol. The van der Waals surface area contributed by atoms with Crippen molar-refractivity contribution in [2.75, 3.05) is 27.2 Å². The number of nitrogens with zero attached hydrogens (tertiary/aromatic N) is 1. The molecule has 1 fully saturated rings. The number of aryl methyl sites for hydroxylation is 1. The first-order chi connectivity index (χ1) is 20.0. The second kappa shape index (κ2) is 9.56. The van der Waals surface area contributed by atoms with E-state index in [4.69, 9.17) is 33.7 Å². The predicted octanol–water partition coefficient (Wildman–Crippen LogP) is 3.56. The largest absolute Gasteiger partial charge is 0.493 e. The fraction of sp³-hybridized carbons (Fsp3) is 0.708. The third-order valence-corrected chi connectivity index (χ3v) is 4.78. The molecule has 2 heterocycles. The van der Waals surface area contributed by atoms with Crippen LogP contribution in [0.25, 0.3) is 0 Å². The van der Waals surface area contributed by atoms with Crippen LogP contribution in [0.5, 0.6) is 11.5 Å². The summed E-state index contributed by atoms with van der Waals surface area (Å²) in [5.41, 5.74) is 5.02. The molecule has 6 heteroatoms. The molecule has 2 N–H and O–H groups in total. The minimum absolute atomic E-state index is 0.00138. The van der Waals surface area contributed by atoms with Crippen LogP contribution in [-0.4, -0.2) is 50.2 Å². The topological polar surface area (TPSA) is 74.0 Å². The van der Waals surface area contributed by atoms with Crippen molar-refractivity contribution in [1.82, 2.24) is 4.90 Å². The molecule has 1 saturated heterocycles. The highest BCUT2D eigenvalue weighted by molar-refractivity contribution is 5.76. The molecule has 168 valence electrons. The molecule has 1 aromatic carbocycles. The second-order valence-corrected chi connectivity index (χ2v) is 7.33. The van der Waals surface area contributed by atoms with Crippen molar-refractivity contribution in [2.24, 2.45) is 23.4 Å². The Morgan fingerprint density at radius 1 is 1.40 bits per heavy atom. The molecule has 0 aliphatic carbocycles. The molecule has 6 nitrogen and oxygen atoms in total. The van der Waals surface area contributed by atoms with Gasteiger partial charge in [0, 0.05) is 51.9 Å². The molecule has 0 amide bonds. The van der Waals surface area contributed by atoms with E-state index in [-0.39, 0.29) is 16.4 Å². The van der Waals surface area contributed by atoms with Crippen molar-refractivity contribution in [3.8, 4) is 11.5 Å². The van der Waals surface area contributed by atoms with Crippen molar-refractivity contribution in [3.05, 3.63) is 23.3 Å². The molecule has 0 bridgehead atoms. The van der Waals surface area contributed by atoms with Gasteiger partial charge in [0.2, 0.25) is 0 Å². The lowest BCUT2D eigenvalue weighted by atomic mass is 9.79. The molecule has 1 aromatic rings. The van der Waals surface area contributed by atoms with Crippen LogP contribution in [0.2, 0.25) is 0 Å². The van der Waals surface area contributed by atoms with Gasteiger partial charge in [0.15, 0.2) is 11.5 Å². The van der Waals surface area contributed by atoms with E-state index < -0.39 is 92.0 Å². The summed E-state index contributed by atoms with van der Waals surface area (Å²) in [6.45, 7) is -7.50. The van der Waals surface area contributed by atoms with Gasteiger partial charge in [-0.1, -0.05) is 27.6 Å². The van der Waals surface area contributed by atoms with Crippen molar-refractivity contribution in [3.63, 3.8) is 0 Å². The first-order valence-electron chi connectivity index (χ1n) is 17.0. The fourth-order valence-electron chi connectivity index (χ4n) is 3.08. The van der Waals surface area contributed by atoms with Gasteiger partial charge in [-0.3, -0.25) is 9.69 Å². The molecule has 0 aromatic heterocycles. The Balaban J connectivity index is 2.57. The van der Waals surface area contributed by atoms with Gasteiger partial charge in [-0.2, -0.15) is 0 Å². The highest BCUT2D eigenvalue weighted by atomic mass is 16.5. The van der Waals surface area contributed by atoms with Crippen molar-refractivity contribution >= 4 is 5.97 Å². The number of methoxy groups -OCH3 is 2. The lowest BCUT2D eigenvalue weighted by Gasteiger charge is -2.47. The van der Waals surface area contributed by atoms with Gasteiger partial charge in [-0.15, -0.1) is 0 Å². The number of piperidine rings is 1. The van der Waals surface area contributed by atoms with Gasteiger partial charge in [0.1, 0.15) is 12.1 Å². The van der Waals surface area contributed by atoms with Crippen LogP contribution in [-0.2, 0) is 15.9 Å². The smallest absolute Gasteiger partial charge is 0.323 e. The number of benzene rings is 1. The summed E-state index contributed by atoms with van der Waals surface area (Å²) in [5.74, 6) is -9.55. The third-order valence-electron chi connectivity index (χ3n) is 4.78. The number of esters is 1. The summed E-state index contributed by atoms with van der Waals surface area (Å²) < 4.78 is 148. The van der Waals surface area contributed by atoms with Crippen LogP contribution in [0.4, 0.5) is 0 Å². The van der Waals surface area contributed by atoms with E-state index in [9.17, 15) is 11.6 Å². The highest BCUT2D eigenvalue weighted by Crippen LogP contribution is 2.44. The molecule has 0 radical (unpaired) electrons. The molecule has 0 saturated carbocycles. The monoisotopic (exact) mass is 433 g/mol. The van der Waals surface area contributed by atoms with Crippen molar-refractivity contribution in [1.29, 1.82) is 0 Å². The van der Waals surface area contributed by atoms with E-state index in [1.54, 1.807) is 0 Å². The van der Waals surface area contributed by atoms with Crippen LogP contribution in [0.1, 0.15) is 78.1 Å². The molecule has 30 heavy (non-hydrogen) atoms. The first-order valence-corrected chi connectivity index (χ1v) is 9.49. The number of rotatable bonds is 7. The molecule has 2 aliphatic rings. The number of ether oxygens (including phenoxy) is 3. The van der Waals surface area contributed by atoms with Gasteiger partial charge in [0.05, 0.1) is 14.2 Å². The number of hydrogen-bond acceptors (Lipinski definition) is 6. The summed E-state index contributed by atoms with van der Waals surface area (Å²) in [5, 5.41) is 0. The minimum Gasteiger partial charge on any atom is -0.493 e. The van der Waals surface area contributed by atoms with Gasteiger partial charge in [-0.05, 0) is 47.8 Å². The predicted molar refractivity (Wildman–Crippen MR) is 118 cm³/mol. The van der Waals surface area contributed by atoms with Gasteiger partial charge >= 0.3 is 5.97 Å². The second-order valence-electron chi connectivity index (χ2n) is 7.33. The van der Waals surface area contributed by atoms with E-state index in [1.807, 2.05) is 0 Å². The molecule has 0 spiro atoms. The third kappa shape index (κ3) is 4.75. The van der Waals surface area contributed by atoms with Crippen LogP contribution in [0.3, 0.4) is 0 Å². The van der Waals surface area contributed by atoms with Crippen LogP contribution in [0.15, 0.2) is 12.1 Å². The Morgan fingerprint density at radius 2 is 2.10 bits per heavy atom. The summed E-state index contributed by atoms with van der Waals surface area (Å²) in [7, 11) is 2.42. The first kappa shape index (κ1) is 10.2. The number of carbonyl (C=O) groups excluding carboxylic acids is 1. The molecule has 4 unspecified atom stereocenters. The molecular formula is C24H38N2O4. The van der Waals surface area contributed by atoms with Crippen molar-refractivity contribution < 1.29 is 39.6 Å². The zero-order chi connectivity index (χ0) is 35.3. The normalized spacial score (nSPS) is 44.3. The van der Waals surface area contributed by atoms with E-state index in [0.29, 0.717) is 6.92 Å². The minimum atomic E-state index is -3.96. The number of hydrogen-bond donors (Lipinski definition) is 1. The number of fused-ring (bicyclic) bond motifs is 3. The molecule has 2 aliphatic heterocycles. The quantitative estimate of drug-likeness (QED) is 0.663. The SMILES string of the molecule is [2H]C1([2H])C2c3cc(OC)c(OC)cc3C([2H])([2H])C([2H])([2H])N2C([2H])([2H])C([2H])(C([2H])([2H])C([2H])(C)C([2H])([2H])[2H])C1OC(=O)[C@@H](N)C(C)C. The van der Waals surface area contributed by atoms with Crippen LogP contribution in [0, 0.1) is 17.7 Å². The molecule has 5 atom stereocenters. The maximum absolute atomic E-state index is 13.2. The van der Waals surface area contributed by atoms with E-state index >= 15 is 0 Å². The molecular weight excluding hydrogens is 380 g/mol. The highest BCUT2D eigenvalue weighted by Gasteiger charge is 2.41.